The largest absolute Gasteiger partial charge is 0.478 e. The molecule has 0 radical (unpaired) electrons. The lowest BCUT2D eigenvalue weighted by atomic mass is 9.97. The fourth-order valence-electron chi connectivity index (χ4n) is 6.36. The van der Waals surface area contributed by atoms with Gasteiger partial charge in [-0.15, -0.1) is 0 Å². The molecule has 0 N–H and O–H groups in total. The van der Waals surface area contributed by atoms with Crippen LogP contribution in [0.2, 0.25) is 0 Å². The summed E-state index contributed by atoms with van der Waals surface area (Å²) >= 11 is 2.15. The Bertz CT molecular complexity index is 1960. The number of rotatable bonds is 14. The molecule has 5 rings (SSSR count). The van der Waals surface area contributed by atoms with Crippen LogP contribution in [0.25, 0.3) is 21.9 Å². The summed E-state index contributed by atoms with van der Waals surface area (Å²) in [4.78, 5) is 25.7. The molecule has 338 valence electrons. The second kappa shape index (κ2) is 24.0. The van der Waals surface area contributed by atoms with E-state index in [4.69, 9.17) is 28.0 Å². The predicted molar refractivity (Wildman–Crippen MR) is 223 cm³/mol. The topological polar surface area (TPSA) is 132 Å². The first-order chi connectivity index (χ1) is 28.3. The zero-order valence-electron chi connectivity index (χ0n) is 35.9. The minimum absolute atomic E-state index is 0.0414. The van der Waals surface area contributed by atoms with Gasteiger partial charge in [0.05, 0.1) is 25.0 Å². The van der Waals surface area contributed by atoms with Crippen LogP contribution in [0, 0.1) is 0 Å². The first-order valence-electron chi connectivity index (χ1n) is 19.8. The highest BCUT2D eigenvalue weighted by Gasteiger charge is 2.40. The number of alkyl halides is 7. The van der Waals surface area contributed by atoms with Gasteiger partial charge < -0.3 is 32.7 Å². The number of hydrogen-bond donors (Lipinski definition) is 0. The Hall–Kier alpha value is -3.81. The van der Waals surface area contributed by atoms with Gasteiger partial charge in [0.25, 0.3) is 0 Å². The number of carbonyl (C=O) groups is 2. The minimum Gasteiger partial charge on any atom is -0.478 e. The van der Waals surface area contributed by atoms with Gasteiger partial charge in [0, 0.05) is 24.3 Å². The SMILES string of the molecule is C1CCOC1.CCCc1cc2c(C(F)(F)F)noc2c(CCC)c1OC(C)(C)C(=O)OC.CCCc1cc2c(C(F)(F)F)noc2c(CCC)c1OC(C)C(=O)OC.CI. The molecule has 1 aliphatic rings. The number of nitrogens with zero attached hydrogens (tertiary/aromatic N) is 2. The molecule has 1 fully saturated rings. The molecule has 1 aliphatic heterocycles. The third-order valence-corrected chi connectivity index (χ3v) is 9.04. The van der Waals surface area contributed by atoms with E-state index < -0.39 is 47.4 Å². The van der Waals surface area contributed by atoms with Gasteiger partial charge in [-0.1, -0.05) is 86.3 Å². The molecule has 1 unspecified atom stereocenters. The number of methoxy groups -OCH3 is 2. The van der Waals surface area contributed by atoms with Crippen LogP contribution < -0.4 is 9.47 Å². The maximum atomic E-state index is 13.3. The average Bonchev–Trinajstić information content (AvgIpc) is 4.00. The Labute approximate surface area is 360 Å². The molecule has 0 bridgehead atoms. The van der Waals surface area contributed by atoms with Crippen molar-refractivity contribution in [2.75, 3.05) is 32.4 Å². The van der Waals surface area contributed by atoms with Gasteiger partial charge in [0.1, 0.15) is 11.5 Å². The van der Waals surface area contributed by atoms with Gasteiger partial charge in [-0.25, -0.2) is 9.59 Å². The fourth-order valence-corrected chi connectivity index (χ4v) is 6.36. The third kappa shape index (κ3) is 13.6. The molecule has 2 aromatic carbocycles. The lowest BCUT2D eigenvalue weighted by molar-refractivity contribution is -0.156. The number of esters is 2. The Morgan fingerprint density at radius 3 is 1.48 bits per heavy atom. The third-order valence-electron chi connectivity index (χ3n) is 9.04. The first kappa shape index (κ1) is 52.3. The molecule has 60 heavy (non-hydrogen) atoms. The highest BCUT2D eigenvalue weighted by atomic mass is 127. The number of ether oxygens (including phenoxy) is 5. The maximum absolute atomic E-state index is 13.3. The van der Waals surface area contributed by atoms with Gasteiger partial charge in [-0.05, 0) is 87.5 Å². The van der Waals surface area contributed by atoms with Crippen molar-refractivity contribution in [2.45, 2.75) is 137 Å². The van der Waals surface area contributed by atoms with E-state index >= 15 is 0 Å². The summed E-state index contributed by atoms with van der Waals surface area (Å²) in [5.41, 5.74) is -1.16. The number of hydrogen-bond acceptors (Lipinski definition) is 11. The summed E-state index contributed by atoms with van der Waals surface area (Å²) in [5, 5.41) is 6.32. The molecule has 1 saturated heterocycles. The lowest BCUT2D eigenvalue weighted by Gasteiger charge is -2.27. The van der Waals surface area contributed by atoms with Crippen molar-refractivity contribution in [1.82, 2.24) is 10.3 Å². The van der Waals surface area contributed by atoms with Gasteiger partial charge in [0.2, 0.25) is 0 Å². The molecule has 18 heteroatoms. The van der Waals surface area contributed by atoms with Crippen LogP contribution in [0.15, 0.2) is 21.2 Å². The van der Waals surface area contributed by atoms with Crippen molar-refractivity contribution < 1.29 is 68.7 Å². The van der Waals surface area contributed by atoms with Crippen molar-refractivity contribution in [1.29, 1.82) is 0 Å². The van der Waals surface area contributed by atoms with E-state index in [2.05, 4.69) is 37.6 Å². The minimum atomic E-state index is -4.62. The average molecular weight is 975 g/mol. The number of halogens is 7. The zero-order chi connectivity index (χ0) is 45.4. The smallest absolute Gasteiger partial charge is 0.437 e. The number of aromatic nitrogens is 2. The van der Waals surface area contributed by atoms with E-state index in [0.717, 1.165) is 13.2 Å². The van der Waals surface area contributed by atoms with E-state index in [9.17, 15) is 35.9 Å². The number of aryl methyl sites for hydroxylation is 4. The maximum Gasteiger partial charge on any atom is 0.437 e. The van der Waals surface area contributed by atoms with Gasteiger partial charge in [-0.2, -0.15) is 26.3 Å². The monoisotopic (exact) mass is 974 g/mol. The van der Waals surface area contributed by atoms with Crippen LogP contribution in [-0.4, -0.2) is 66.3 Å². The van der Waals surface area contributed by atoms with Gasteiger partial charge >= 0.3 is 24.3 Å². The Morgan fingerprint density at radius 1 is 0.717 bits per heavy atom. The van der Waals surface area contributed by atoms with Crippen molar-refractivity contribution in [3.05, 3.63) is 45.8 Å². The molecule has 0 spiro atoms. The molecule has 11 nitrogen and oxygen atoms in total. The number of fused-ring (bicyclic) bond motifs is 2. The summed E-state index contributed by atoms with van der Waals surface area (Å²) in [6.07, 6.45) is -3.01. The molecule has 0 amide bonds. The summed E-state index contributed by atoms with van der Waals surface area (Å²) in [5.74, 6) is -0.403. The molecule has 3 heterocycles. The Balaban J connectivity index is 0.000000356. The van der Waals surface area contributed by atoms with E-state index in [-0.39, 0.29) is 21.9 Å². The zero-order valence-corrected chi connectivity index (χ0v) is 38.1. The lowest BCUT2D eigenvalue weighted by Crippen LogP contribution is -2.39. The van der Waals surface area contributed by atoms with E-state index in [1.54, 1.807) is 13.8 Å². The van der Waals surface area contributed by atoms with E-state index in [1.165, 1.54) is 46.1 Å². The Morgan fingerprint density at radius 2 is 1.13 bits per heavy atom. The Kier molecular flexibility index (Phi) is 20.9. The standard InChI is InChI=1S/C19H24F3NO4.C18H22F3NO4.C4H8O.CH3I/c1-6-8-11-10-13-15(27-23-16(13)19(20,21)22)12(9-7-2)14(11)26-18(3,4)17(24)25-5;1-5-7-11-9-13-15(26-22-16(13)18(19,20)21)12(8-6-2)14(11)25-10(3)17(23)24-4;1-2-4-5-3-1;1-2/h10H,6-9H2,1-5H3;9-10H,5-8H2,1-4H3;1-4H2;1H3. The van der Waals surface area contributed by atoms with Gasteiger partial charge in [0.15, 0.2) is 34.3 Å². The molecule has 0 aliphatic carbocycles. The predicted octanol–water partition coefficient (Wildman–Crippen LogP) is 11.6. The van der Waals surface area contributed by atoms with Crippen molar-refractivity contribution >= 4 is 56.5 Å². The van der Waals surface area contributed by atoms with Crippen molar-refractivity contribution in [3.63, 3.8) is 0 Å². The summed E-state index contributed by atoms with van der Waals surface area (Å²) in [7, 11) is 2.50. The highest BCUT2D eigenvalue weighted by molar-refractivity contribution is 14.1. The molecular weight excluding hydrogens is 917 g/mol. The first-order valence-corrected chi connectivity index (χ1v) is 22.0. The summed E-state index contributed by atoms with van der Waals surface area (Å²) in [6.45, 7) is 14.3. The van der Waals surface area contributed by atoms with Crippen LogP contribution in [0.3, 0.4) is 0 Å². The molecule has 0 saturated carbocycles. The summed E-state index contributed by atoms with van der Waals surface area (Å²) in [6, 6.07) is 2.80. The van der Waals surface area contributed by atoms with E-state index in [0.29, 0.717) is 85.1 Å². The second-order valence-electron chi connectivity index (χ2n) is 14.2. The van der Waals surface area contributed by atoms with Crippen LogP contribution in [-0.2, 0) is 61.8 Å². The van der Waals surface area contributed by atoms with E-state index in [1.807, 2.05) is 32.6 Å². The number of benzene rings is 2. The molecule has 2 aromatic heterocycles. The van der Waals surface area contributed by atoms with Crippen LogP contribution >= 0.6 is 22.6 Å². The van der Waals surface area contributed by atoms with Crippen molar-refractivity contribution in [2.24, 2.45) is 0 Å². The fraction of sp³-hybridized carbons (Fsp3) is 0.619. The normalized spacial score (nSPS) is 13.3. The number of carbonyl (C=O) groups excluding carboxylic acids is 2. The van der Waals surface area contributed by atoms with Crippen LogP contribution in [0.1, 0.15) is 121 Å². The van der Waals surface area contributed by atoms with Crippen LogP contribution in [0.5, 0.6) is 11.5 Å². The van der Waals surface area contributed by atoms with Crippen molar-refractivity contribution in [3.8, 4) is 11.5 Å². The van der Waals surface area contributed by atoms with Crippen LogP contribution in [0.4, 0.5) is 26.3 Å². The molecule has 1 atom stereocenters. The quantitative estimate of drug-likeness (QED) is 0.0518. The highest BCUT2D eigenvalue weighted by Crippen LogP contribution is 2.43. The molecule has 4 aromatic rings. The summed E-state index contributed by atoms with van der Waals surface area (Å²) < 4.78 is 116. The van der Waals surface area contributed by atoms with Gasteiger partial charge in [-0.3, -0.25) is 0 Å². The molecular formula is C42H57F6IN2O9. The second-order valence-corrected chi connectivity index (χ2v) is 14.2.